The summed E-state index contributed by atoms with van der Waals surface area (Å²) < 4.78 is 0. The van der Waals surface area contributed by atoms with Crippen molar-refractivity contribution >= 4 is 138 Å². The van der Waals surface area contributed by atoms with Crippen molar-refractivity contribution < 1.29 is 0 Å². The minimum Gasteiger partial charge on any atom is -0.0622 e. The molecule has 0 aliphatic carbocycles. The van der Waals surface area contributed by atoms with E-state index in [4.69, 9.17) is 0 Å². The summed E-state index contributed by atoms with van der Waals surface area (Å²) in [6.45, 7) is 8.72. The molecule has 0 unspecified atom stereocenters. The first-order valence-electron chi connectivity index (χ1n) is 33.1. The van der Waals surface area contributed by atoms with Gasteiger partial charge in [0.25, 0.3) is 0 Å². The normalized spacial score (nSPS) is 11.5. The Morgan fingerprint density at radius 3 is 0.510 bits per heavy atom. The monoisotopic (exact) mass is 1300 g/mol. The van der Waals surface area contributed by atoms with Gasteiger partial charge in [0.1, 0.15) is 0 Å². The summed E-state index contributed by atoms with van der Waals surface area (Å²) in [6, 6.07) is 136. The van der Waals surface area contributed by atoms with Crippen molar-refractivity contribution in [3.63, 3.8) is 0 Å². The van der Waals surface area contributed by atoms with E-state index in [2.05, 4.69) is 392 Å². The Morgan fingerprint density at radius 2 is 0.312 bits per heavy atom. The highest BCUT2D eigenvalue weighted by atomic mass is 31.1. The number of hydrogen-bond donors (Lipinski definition) is 0. The van der Waals surface area contributed by atoms with Crippen molar-refractivity contribution in [3.8, 4) is 22.3 Å². The fraction of sp³-hybridized carbons (Fsp3) is 0.0435. The molecule has 16 rings (SSSR count). The minimum atomic E-state index is -0.885. The van der Waals surface area contributed by atoms with Gasteiger partial charge in [-0.15, -0.1) is 0 Å². The smallest absolute Gasteiger partial charge is 0.000884 e. The van der Waals surface area contributed by atoms with Crippen molar-refractivity contribution in [2.75, 3.05) is 0 Å². The molecule has 0 amide bonds. The van der Waals surface area contributed by atoms with Crippen molar-refractivity contribution in [3.05, 3.63) is 386 Å². The summed E-state index contributed by atoms with van der Waals surface area (Å²) in [5, 5.41) is 26.7. The molecule has 0 saturated heterocycles. The number of fused-ring (bicyclic) bond motifs is 4. The first kappa shape index (κ1) is 62.4. The van der Waals surface area contributed by atoms with Gasteiger partial charge >= 0.3 is 0 Å². The van der Waals surface area contributed by atoms with E-state index in [1.54, 1.807) is 0 Å². The lowest BCUT2D eigenvalue weighted by Crippen LogP contribution is -2.26. The van der Waals surface area contributed by atoms with E-state index in [1.165, 1.54) is 151 Å². The van der Waals surface area contributed by atoms with E-state index in [1.807, 2.05) is 0 Å². The summed E-state index contributed by atoms with van der Waals surface area (Å²) in [5.41, 5.74) is 10.5. The number of hydrogen-bond acceptors (Lipinski definition) is 0. The van der Waals surface area contributed by atoms with E-state index < -0.39 is 31.7 Å². The average Bonchev–Trinajstić information content (AvgIpc) is 0.747. The van der Waals surface area contributed by atoms with Crippen LogP contribution < -0.4 is 63.7 Å². The molecule has 0 fully saturated rings. The van der Waals surface area contributed by atoms with Crippen LogP contribution in [0.1, 0.15) is 22.3 Å². The maximum absolute atomic E-state index is 2.44. The van der Waals surface area contributed by atoms with Crippen LogP contribution in [-0.2, 0) is 0 Å². The molecule has 0 spiro atoms. The predicted molar refractivity (Wildman–Crippen MR) is 428 cm³/mol. The van der Waals surface area contributed by atoms with E-state index >= 15 is 0 Å². The SMILES string of the molecule is Cc1ccc(P(c2ccc(C)cc2)c2ccc3ccccc3c2-c2c(P(c3ccc(C)cc3)c3ccc(C)cc3)ccc3ccccc23)cc1.c1ccc(P(c2ccccc2)c2ccc3ccccc3c2-c2c(P(c3ccccc3)c3ccccc3)ccc3ccccc23)cc1. The third kappa shape index (κ3) is 12.7. The molecular formula is C92H72P4. The zero-order valence-corrected chi connectivity index (χ0v) is 58.0. The Balaban J connectivity index is 0.000000158. The molecule has 16 aromatic rings. The Bertz CT molecular complexity index is 4860. The molecule has 96 heavy (non-hydrogen) atoms. The van der Waals surface area contributed by atoms with Crippen LogP contribution in [0.5, 0.6) is 0 Å². The summed E-state index contributed by atoms with van der Waals surface area (Å²) in [4.78, 5) is 0. The Labute approximate surface area is 570 Å². The van der Waals surface area contributed by atoms with Crippen molar-refractivity contribution in [2.24, 2.45) is 0 Å². The van der Waals surface area contributed by atoms with Crippen LogP contribution in [0.25, 0.3) is 65.3 Å². The molecule has 0 aliphatic rings. The summed E-state index contributed by atoms with van der Waals surface area (Å²) >= 11 is 0. The molecule has 4 heteroatoms. The summed E-state index contributed by atoms with van der Waals surface area (Å²) in [6.07, 6.45) is 0. The van der Waals surface area contributed by atoms with Crippen molar-refractivity contribution in [2.45, 2.75) is 27.7 Å². The number of aryl methyl sites for hydroxylation is 4. The second kappa shape index (κ2) is 28.3. The van der Waals surface area contributed by atoms with Gasteiger partial charge in [-0.1, -0.05) is 386 Å². The number of rotatable bonds is 14. The van der Waals surface area contributed by atoms with Gasteiger partial charge in [0.2, 0.25) is 0 Å². The van der Waals surface area contributed by atoms with E-state index in [9.17, 15) is 0 Å². The molecular weight excluding hydrogens is 1230 g/mol. The van der Waals surface area contributed by atoms with E-state index in [-0.39, 0.29) is 0 Å². The molecule has 0 aliphatic heterocycles. The van der Waals surface area contributed by atoms with Crippen LogP contribution in [0.3, 0.4) is 0 Å². The fourth-order valence-electron chi connectivity index (χ4n) is 13.6. The highest BCUT2D eigenvalue weighted by Crippen LogP contribution is 2.48. The van der Waals surface area contributed by atoms with Crippen LogP contribution in [-0.4, -0.2) is 0 Å². The van der Waals surface area contributed by atoms with Crippen LogP contribution in [0.4, 0.5) is 0 Å². The van der Waals surface area contributed by atoms with Gasteiger partial charge in [-0.05, 0) is 188 Å². The van der Waals surface area contributed by atoms with Crippen LogP contribution in [0.15, 0.2) is 364 Å². The first-order chi connectivity index (χ1) is 47.3. The van der Waals surface area contributed by atoms with Gasteiger partial charge in [0, 0.05) is 0 Å². The lowest BCUT2D eigenvalue weighted by atomic mass is 9.93. The molecule has 0 aromatic heterocycles. The summed E-state index contributed by atoms with van der Waals surface area (Å²) in [7, 11) is -3.47. The topological polar surface area (TPSA) is 0 Å². The third-order valence-electron chi connectivity index (χ3n) is 18.3. The molecule has 0 N–H and O–H groups in total. The predicted octanol–water partition coefficient (Wildman–Crippen LogP) is 19.6. The maximum Gasteiger partial charge on any atom is -0.000884 e. The average molecular weight is 1300 g/mol. The quantitative estimate of drug-likeness (QED) is 0.0952. The zero-order valence-electron chi connectivity index (χ0n) is 54.4. The molecule has 0 bridgehead atoms. The third-order valence-corrected chi connectivity index (χ3v) is 28.3. The lowest BCUT2D eigenvalue weighted by Gasteiger charge is -2.28. The highest BCUT2D eigenvalue weighted by molar-refractivity contribution is 7.81. The van der Waals surface area contributed by atoms with E-state index in [0.717, 1.165) is 0 Å². The molecule has 16 aromatic carbocycles. The van der Waals surface area contributed by atoms with E-state index in [0.29, 0.717) is 0 Å². The molecule has 0 radical (unpaired) electrons. The highest BCUT2D eigenvalue weighted by Gasteiger charge is 2.31. The Kier molecular flexibility index (Phi) is 18.4. The Hall–Kier alpha value is -9.72. The van der Waals surface area contributed by atoms with Gasteiger partial charge in [0.05, 0.1) is 0 Å². The van der Waals surface area contributed by atoms with Crippen molar-refractivity contribution in [1.82, 2.24) is 0 Å². The van der Waals surface area contributed by atoms with Gasteiger partial charge in [-0.2, -0.15) is 0 Å². The van der Waals surface area contributed by atoms with Gasteiger partial charge in [0.15, 0.2) is 0 Å². The number of benzene rings is 16. The molecule has 460 valence electrons. The summed E-state index contributed by atoms with van der Waals surface area (Å²) in [5.74, 6) is 0. The zero-order chi connectivity index (χ0) is 64.9. The van der Waals surface area contributed by atoms with Crippen molar-refractivity contribution in [1.29, 1.82) is 0 Å². The Morgan fingerprint density at radius 1 is 0.146 bits per heavy atom. The maximum atomic E-state index is 2.44. The first-order valence-corrected chi connectivity index (χ1v) is 38.4. The molecule has 0 nitrogen and oxygen atoms in total. The standard InChI is InChI=1S/C48H40P2.C44H32P2/c1-33-13-23-39(24-14-33)49(40-25-15-34(2)16-26-40)45-31-21-37-9-5-7-11-43(37)47(45)48-44-12-8-6-10-38(44)22-32-46(48)50(41-27-17-35(3)18-28-41)42-29-19-36(4)20-30-42;1-5-19-35(20-6-1)45(36-21-7-2-8-22-36)41-31-29-33-17-13-15-27-39(33)43(41)44-40-28-16-14-18-34(40)30-32-42(44)46(37-23-9-3-10-24-37)38-25-11-4-12-26-38/h5-32H,1-4H3;1-32H. The van der Waals surface area contributed by atoms with Crippen LogP contribution in [0.2, 0.25) is 0 Å². The second-order valence-electron chi connectivity index (χ2n) is 24.7. The minimum absolute atomic E-state index is 0.852. The van der Waals surface area contributed by atoms with Gasteiger partial charge in [-0.25, -0.2) is 0 Å². The van der Waals surface area contributed by atoms with Gasteiger partial charge in [-0.3, -0.25) is 0 Å². The molecule has 0 saturated carbocycles. The lowest BCUT2D eigenvalue weighted by molar-refractivity contribution is 1.49. The fourth-order valence-corrected chi connectivity index (χ4v) is 23.4. The van der Waals surface area contributed by atoms with Gasteiger partial charge < -0.3 is 0 Å². The largest absolute Gasteiger partial charge is 0.0622 e. The van der Waals surface area contributed by atoms with Crippen LogP contribution in [0, 0.1) is 27.7 Å². The molecule has 0 heterocycles. The molecule has 0 atom stereocenters. The van der Waals surface area contributed by atoms with Crippen LogP contribution >= 0.6 is 31.7 Å². The second-order valence-corrected chi connectivity index (χ2v) is 33.5.